The van der Waals surface area contributed by atoms with Crippen LogP contribution < -0.4 is 5.32 Å². The van der Waals surface area contributed by atoms with E-state index in [0.717, 1.165) is 22.5 Å². The van der Waals surface area contributed by atoms with Crippen LogP contribution in [0, 0.1) is 0 Å². The Kier molecular flexibility index (Phi) is 3.07. The second kappa shape index (κ2) is 4.35. The maximum absolute atomic E-state index is 9.37. The smallest absolute Gasteiger partial charge is 0.147 e. The summed E-state index contributed by atoms with van der Waals surface area (Å²) >= 11 is 1.61. The molecule has 0 saturated heterocycles. The lowest BCUT2D eigenvalue weighted by atomic mass is 10.0. The van der Waals surface area contributed by atoms with E-state index in [0.29, 0.717) is 0 Å². The van der Waals surface area contributed by atoms with E-state index in [1.165, 1.54) is 0 Å². The summed E-state index contributed by atoms with van der Waals surface area (Å²) in [7, 11) is 0. The summed E-state index contributed by atoms with van der Waals surface area (Å²) in [6, 6.07) is 1.97. The summed E-state index contributed by atoms with van der Waals surface area (Å²) in [6.07, 6.45) is 2.38. The maximum atomic E-state index is 9.37. The zero-order valence-electron chi connectivity index (χ0n) is 9.40. The van der Waals surface area contributed by atoms with E-state index in [9.17, 15) is 5.11 Å². The first kappa shape index (κ1) is 11.3. The van der Waals surface area contributed by atoms with E-state index in [1.54, 1.807) is 17.7 Å². The van der Waals surface area contributed by atoms with Gasteiger partial charge in [-0.25, -0.2) is 9.97 Å². The molecular weight excluding hydrogens is 222 g/mol. The lowest BCUT2D eigenvalue weighted by Crippen LogP contribution is -2.38. The molecule has 2 heterocycles. The number of thiophene rings is 1. The highest BCUT2D eigenvalue weighted by Gasteiger charge is 2.22. The third-order valence-corrected chi connectivity index (χ3v) is 3.70. The van der Waals surface area contributed by atoms with E-state index in [4.69, 9.17) is 0 Å². The van der Waals surface area contributed by atoms with Gasteiger partial charge in [0.25, 0.3) is 0 Å². The van der Waals surface area contributed by atoms with Crippen molar-refractivity contribution in [2.24, 2.45) is 0 Å². The molecule has 5 heteroatoms. The molecule has 4 nitrogen and oxygen atoms in total. The van der Waals surface area contributed by atoms with Crippen LogP contribution in [0.4, 0.5) is 5.82 Å². The van der Waals surface area contributed by atoms with Gasteiger partial charge in [-0.15, -0.1) is 11.3 Å². The number of anilines is 1. The van der Waals surface area contributed by atoms with Gasteiger partial charge in [-0.3, -0.25) is 0 Å². The first-order chi connectivity index (χ1) is 7.68. The van der Waals surface area contributed by atoms with Gasteiger partial charge >= 0.3 is 0 Å². The van der Waals surface area contributed by atoms with Gasteiger partial charge in [-0.1, -0.05) is 6.92 Å². The van der Waals surface area contributed by atoms with Crippen LogP contribution in [0.5, 0.6) is 0 Å². The number of aliphatic hydroxyl groups is 1. The number of aliphatic hydroxyl groups excluding tert-OH is 1. The second-order valence-corrected chi connectivity index (χ2v) is 4.97. The highest BCUT2D eigenvalue weighted by Crippen LogP contribution is 2.27. The fourth-order valence-electron chi connectivity index (χ4n) is 1.40. The fourth-order valence-corrected chi connectivity index (χ4v) is 2.19. The molecule has 2 aromatic rings. The molecule has 0 amide bonds. The van der Waals surface area contributed by atoms with Gasteiger partial charge in [0.05, 0.1) is 22.4 Å². The minimum absolute atomic E-state index is 0.0837. The Morgan fingerprint density at radius 2 is 2.31 bits per heavy atom. The van der Waals surface area contributed by atoms with Crippen LogP contribution in [-0.2, 0) is 0 Å². The molecule has 2 rings (SSSR count). The molecule has 86 valence electrons. The minimum Gasteiger partial charge on any atom is -0.394 e. The highest BCUT2D eigenvalue weighted by molar-refractivity contribution is 7.17. The summed E-state index contributed by atoms with van der Waals surface area (Å²) in [5.41, 5.74) is 0.615. The molecule has 1 unspecified atom stereocenters. The average molecular weight is 237 g/mol. The average Bonchev–Trinajstić information content (AvgIpc) is 2.78. The summed E-state index contributed by atoms with van der Waals surface area (Å²) in [5.74, 6) is 0.804. The Morgan fingerprint density at radius 1 is 1.50 bits per heavy atom. The van der Waals surface area contributed by atoms with Crippen molar-refractivity contribution in [2.45, 2.75) is 25.8 Å². The molecule has 0 aliphatic rings. The van der Waals surface area contributed by atoms with Crippen molar-refractivity contribution in [2.75, 3.05) is 11.9 Å². The zero-order chi connectivity index (χ0) is 11.6. The van der Waals surface area contributed by atoms with Crippen molar-refractivity contribution in [3.63, 3.8) is 0 Å². The number of hydrogen-bond acceptors (Lipinski definition) is 5. The fraction of sp³-hybridized carbons (Fsp3) is 0.455. The molecule has 0 spiro atoms. The lowest BCUT2D eigenvalue weighted by Gasteiger charge is -2.27. The quantitative estimate of drug-likeness (QED) is 0.856. The second-order valence-electron chi connectivity index (χ2n) is 4.05. The molecular formula is C11H15N3OS. The monoisotopic (exact) mass is 237 g/mol. The van der Waals surface area contributed by atoms with Crippen LogP contribution in [0.3, 0.4) is 0 Å². The van der Waals surface area contributed by atoms with E-state index in [2.05, 4.69) is 15.3 Å². The standard InChI is InChI=1S/C11H15N3OS/c1-3-11(2,6-15)14-10-9-8(4-5-16-9)12-7-13-10/h4-5,7,15H,3,6H2,1-2H3,(H,12,13,14). The molecule has 2 N–H and O–H groups in total. The maximum Gasteiger partial charge on any atom is 0.147 e. The Bertz CT molecular complexity index is 479. The predicted octanol–water partition coefficient (Wildman–Crippen LogP) is 2.26. The van der Waals surface area contributed by atoms with Crippen LogP contribution in [0.15, 0.2) is 17.8 Å². The van der Waals surface area contributed by atoms with Gasteiger partial charge in [0.2, 0.25) is 0 Å². The van der Waals surface area contributed by atoms with Crippen LogP contribution >= 0.6 is 11.3 Å². The van der Waals surface area contributed by atoms with Crippen molar-refractivity contribution in [3.8, 4) is 0 Å². The van der Waals surface area contributed by atoms with Crippen molar-refractivity contribution in [1.82, 2.24) is 9.97 Å². The first-order valence-corrected chi connectivity index (χ1v) is 6.14. The molecule has 0 aliphatic carbocycles. The SMILES string of the molecule is CCC(C)(CO)Nc1ncnc2ccsc12. The van der Waals surface area contributed by atoms with Crippen LogP contribution in [-0.4, -0.2) is 27.2 Å². The van der Waals surface area contributed by atoms with E-state index in [1.807, 2.05) is 25.3 Å². The van der Waals surface area contributed by atoms with Gasteiger partial charge in [-0.2, -0.15) is 0 Å². The number of rotatable bonds is 4. The van der Waals surface area contributed by atoms with Crippen LogP contribution in [0.2, 0.25) is 0 Å². The normalized spacial score (nSPS) is 14.9. The van der Waals surface area contributed by atoms with Gasteiger partial charge in [-0.05, 0) is 24.8 Å². The summed E-state index contributed by atoms with van der Waals surface area (Å²) in [4.78, 5) is 8.42. The lowest BCUT2D eigenvalue weighted by molar-refractivity contribution is 0.218. The Morgan fingerprint density at radius 3 is 3.00 bits per heavy atom. The summed E-state index contributed by atoms with van der Waals surface area (Å²) < 4.78 is 1.04. The summed E-state index contributed by atoms with van der Waals surface area (Å²) in [6.45, 7) is 4.10. The Hall–Kier alpha value is -1.20. The van der Waals surface area contributed by atoms with Crippen molar-refractivity contribution in [1.29, 1.82) is 0 Å². The van der Waals surface area contributed by atoms with Crippen molar-refractivity contribution < 1.29 is 5.11 Å². The van der Waals surface area contributed by atoms with Gasteiger partial charge in [0, 0.05) is 0 Å². The summed E-state index contributed by atoms with van der Waals surface area (Å²) in [5, 5.41) is 14.7. The van der Waals surface area contributed by atoms with Crippen molar-refractivity contribution in [3.05, 3.63) is 17.8 Å². The third-order valence-electron chi connectivity index (χ3n) is 2.79. The molecule has 0 saturated carbocycles. The zero-order valence-corrected chi connectivity index (χ0v) is 10.2. The minimum atomic E-state index is -0.328. The molecule has 2 aromatic heterocycles. The Balaban J connectivity index is 2.37. The molecule has 0 fully saturated rings. The molecule has 0 bridgehead atoms. The largest absolute Gasteiger partial charge is 0.394 e. The number of hydrogen-bond donors (Lipinski definition) is 2. The molecule has 0 radical (unpaired) electrons. The van der Waals surface area contributed by atoms with E-state index >= 15 is 0 Å². The van der Waals surface area contributed by atoms with Crippen LogP contribution in [0.25, 0.3) is 10.2 Å². The number of nitrogens with one attached hydrogen (secondary N) is 1. The molecule has 16 heavy (non-hydrogen) atoms. The number of nitrogens with zero attached hydrogens (tertiary/aromatic N) is 2. The Labute approximate surface area is 98.4 Å². The molecule has 0 aromatic carbocycles. The molecule has 0 aliphatic heterocycles. The number of fused-ring (bicyclic) bond motifs is 1. The van der Waals surface area contributed by atoms with Crippen LogP contribution in [0.1, 0.15) is 20.3 Å². The van der Waals surface area contributed by atoms with Gasteiger partial charge in [0.1, 0.15) is 12.1 Å². The first-order valence-electron chi connectivity index (χ1n) is 5.26. The number of aromatic nitrogens is 2. The molecule has 1 atom stereocenters. The van der Waals surface area contributed by atoms with E-state index < -0.39 is 0 Å². The van der Waals surface area contributed by atoms with Gasteiger partial charge in [0.15, 0.2) is 0 Å². The van der Waals surface area contributed by atoms with Gasteiger partial charge < -0.3 is 10.4 Å². The third kappa shape index (κ3) is 2.01. The topological polar surface area (TPSA) is 58.0 Å². The van der Waals surface area contributed by atoms with Crippen molar-refractivity contribution >= 4 is 27.4 Å². The van der Waals surface area contributed by atoms with E-state index in [-0.39, 0.29) is 12.1 Å². The highest BCUT2D eigenvalue weighted by atomic mass is 32.1. The predicted molar refractivity (Wildman–Crippen MR) is 66.8 cm³/mol.